The lowest BCUT2D eigenvalue weighted by atomic mass is 10.1. The van der Waals surface area contributed by atoms with E-state index in [0.29, 0.717) is 32.2 Å². The van der Waals surface area contributed by atoms with E-state index in [-0.39, 0.29) is 6.61 Å². The van der Waals surface area contributed by atoms with Gasteiger partial charge in [-0.25, -0.2) is 4.79 Å². The standard InChI is InChI=1S/C16H31NO5/c1-12(2)9-21-16(6)10-17(7-13(8-18)20-11-16)14(19)22-15(3,4)5/h12-13,18H,7-11H2,1-6H3/t13-,16-/m0/s1. The van der Waals surface area contributed by atoms with Crippen LogP contribution >= 0.6 is 0 Å². The van der Waals surface area contributed by atoms with Crippen molar-refractivity contribution in [2.75, 3.05) is 32.9 Å². The topological polar surface area (TPSA) is 68.2 Å². The number of carbonyl (C=O) groups is 1. The van der Waals surface area contributed by atoms with Gasteiger partial charge in [0.25, 0.3) is 0 Å². The van der Waals surface area contributed by atoms with E-state index in [0.717, 1.165) is 0 Å². The van der Waals surface area contributed by atoms with Gasteiger partial charge in [-0.05, 0) is 33.6 Å². The maximum atomic E-state index is 12.4. The van der Waals surface area contributed by atoms with Crippen molar-refractivity contribution in [2.24, 2.45) is 5.92 Å². The maximum absolute atomic E-state index is 12.4. The predicted octanol–water partition coefficient (Wildman–Crippen LogP) is 2.05. The van der Waals surface area contributed by atoms with E-state index < -0.39 is 23.4 Å². The Kier molecular flexibility index (Phi) is 6.65. The first-order valence-corrected chi connectivity index (χ1v) is 7.89. The highest BCUT2D eigenvalue weighted by atomic mass is 16.6. The third-order valence-electron chi connectivity index (χ3n) is 3.19. The Balaban J connectivity index is 2.81. The summed E-state index contributed by atoms with van der Waals surface area (Å²) in [6, 6.07) is 0. The van der Waals surface area contributed by atoms with Gasteiger partial charge in [0.1, 0.15) is 11.2 Å². The minimum Gasteiger partial charge on any atom is -0.444 e. The highest BCUT2D eigenvalue weighted by molar-refractivity contribution is 5.68. The molecule has 1 aliphatic heterocycles. The van der Waals surface area contributed by atoms with Crippen LogP contribution in [0.5, 0.6) is 0 Å². The van der Waals surface area contributed by atoms with E-state index in [1.54, 1.807) is 4.90 Å². The molecule has 0 aliphatic carbocycles. The lowest BCUT2D eigenvalue weighted by Gasteiger charge is -2.33. The minimum absolute atomic E-state index is 0.139. The van der Waals surface area contributed by atoms with Gasteiger partial charge < -0.3 is 24.2 Å². The molecule has 1 rings (SSSR count). The van der Waals surface area contributed by atoms with Crippen molar-refractivity contribution in [3.63, 3.8) is 0 Å². The highest BCUT2D eigenvalue weighted by Crippen LogP contribution is 2.22. The number of hydrogen-bond acceptors (Lipinski definition) is 5. The predicted molar refractivity (Wildman–Crippen MR) is 83.8 cm³/mol. The fourth-order valence-corrected chi connectivity index (χ4v) is 2.14. The number of aliphatic hydroxyl groups excluding tert-OH is 1. The Bertz CT molecular complexity index is 366. The zero-order valence-corrected chi connectivity index (χ0v) is 14.7. The fourth-order valence-electron chi connectivity index (χ4n) is 2.14. The number of hydrogen-bond donors (Lipinski definition) is 1. The van der Waals surface area contributed by atoms with Crippen molar-refractivity contribution in [2.45, 2.75) is 58.8 Å². The zero-order valence-electron chi connectivity index (χ0n) is 14.7. The molecular weight excluding hydrogens is 286 g/mol. The molecule has 22 heavy (non-hydrogen) atoms. The second-order valence-electron chi connectivity index (χ2n) is 7.63. The van der Waals surface area contributed by atoms with Crippen LogP contribution in [-0.2, 0) is 14.2 Å². The molecule has 0 unspecified atom stereocenters. The number of aliphatic hydroxyl groups is 1. The van der Waals surface area contributed by atoms with Gasteiger partial charge >= 0.3 is 6.09 Å². The quantitative estimate of drug-likeness (QED) is 0.859. The van der Waals surface area contributed by atoms with Crippen molar-refractivity contribution in [1.82, 2.24) is 4.90 Å². The first-order chi connectivity index (χ1) is 10.0. The van der Waals surface area contributed by atoms with Crippen LogP contribution in [0.3, 0.4) is 0 Å². The summed E-state index contributed by atoms with van der Waals surface area (Å²) in [7, 11) is 0. The van der Waals surface area contributed by atoms with Gasteiger partial charge in [0.05, 0.1) is 32.4 Å². The van der Waals surface area contributed by atoms with Crippen molar-refractivity contribution >= 4 is 6.09 Å². The summed E-state index contributed by atoms with van der Waals surface area (Å²) in [5, 5.41) is 9.39. The molecule has 1 aliphatic rings. The van der Waals surface area contributed by atoms with Gasteiger partial charge in [0, 0.05) is 6.61 Å². The van der Waals surface area contributed by atoms with Crippen molar-refractivity contribution in [3.8, 4) is 0 Å². The molecule has 0 spiro atoms. The number of rotatable bonds is 4. The molecule has 0 radical (unpaired) electrons. The lowest BCUT2D eigenvalue weighted by Crippen LogP contribution is -2.48. The van der Waals surface area contributed by atoms with E-state index in [1.807, 2.05) is 27.7 Å². The molecule has 0 saturated carbocycles. The molecule has 0 aromatic rings. The second kappa shape index (κ2) is 7.62. The average molecular weight is 317 g/mol. The summed E-state index contributed by atoms with van der Waals surface area (Å²) in [6.45, 7) is 13.0. The molecule has 2 atom stereocenters. The number of ether oxygens (including phenoxy) is 3. The van der Waals surface area contributed by atoms with Crippen LogP contribution in [0.25, 0.3) is 0 Å². The van der Waals surface area contributed by atoms with E-state index in [9.17, 15) is 9.90 Å². The SMILES string of the molecule is CC(C)CO[C@]1(C)CO[C@H](CO)CN(C(=O)OC(C)(C)C)C1. The van der Waals surface area contributed by atoms with Crippen LogP contribution < -0.4 is 0 Å². The van der Waals surface area contributed by atoms with Gasteiger partial charge in [-0.3, -0.25) is 0 Å². The van der Waals surface area contributed by atoms with Gasteiger partial charge in [0.2, 0.25) is 0 Å². The Morgan fingerprint density at radius 1 is 1.45 bits per heavy atom. The highest BCUT2D eigenvalue weighted by Gasteiger charge is 2.37. The van der Waals surface area contributed by atoms with E-state index in [4.69, 9.17) is 14.2 Å². The number of amides is 1. The Hall–Kier alpha value is -0.850. The number of nitrogens with zero attached hydrogens (tertiary/aromatic N) is 1. The normalized spacial score (nSPS) is 26.9. The van der Waals surface area contributed by atoms with Crippen molar-refractivity contribution in [1.29, 1.82) is 0 Å². The number of carbonyl (C=O) groups excluding carboxylic acids is 1. The average Bonchev–Trinajstić information content (AvgIpc) is 2.54. The summed E-state index contributed by atoms with van der Waals surface area (Å²) < 4.78 is 17.1. The zero-order chi connectivity index (χ0) is 17.0. The summed E-state index contributed by atoms with van der Waals surface area (Å²) >= 11 is 0. The van der Waals surface area contributed by atoms with Crippen LogP contribution in [-0.4, -0.2) is 66.3 Å². The Morgan fingerprint density at radius 3 is 2.59 bits per heavy atom. The van der Waals surface area contributed by atoms with Crippen LogP contribution in [0.15, 0.2) is 0 Å². The van der Waals surface area contributed by atoms with Crippen molar-refractivity contribution in [3.05, 3.63) is 0 Å². The smallest absolute Gasteiger partial charge is 0.410 e. The molecule has 6 heteroatoms. The van der Waals surface area contributed by atoms with Crippen LogP contribution in [0.2, 0.25) is 0 Å². The molecule has 130 valence electrons. The summed E-state index contributed by atoms with van der Waals surface area (Å²) in [6.07, 6.45) is -0.826. The first-order valence-electron chi connectivity index (χ1n) is 7.89. The van der Waals surface area contributed by atoms with Crippen molar-refractivity contribution < 1.29 is 24.1 Å². The summed E-state index contributed by atoms with van der Waals surface area (Å²) in [4.78, 5) is 13.9. The van der Waals surface area contributed by atoms with Gasteiger partial charge in [-0.1, -0.05) is 13.8 Å². The summed E-state index contributed by atoms with van der Waals surface area (Å²) in [5.74, 6) is 0.392. The molecule has 1 heterocycles. The van der Waals surface area contributed by atoms with Crippen LogP contribution in [0.4, 0.5) is 4.79 Å². The molecule has 1 amide bonds. The second-order valence-corrected chi connectivity index (χ2v) is 7.63. The van der Waals surface area contributed by atoms with Crippen LogP contribution in [0.1, 0.15) is 41.5 Å². The largest absolute Gasteiger partial charge is 0.444 e. The fraction of sp³-hybridized carbons (Fsp3) is 0.938. The van der Waals surface area contributed by atoms with E-state index >= 15 is 0 Å². The molecule has 0 aromatic carbocycles. The van der Waals surface area contributed by atoms with E-state index in [1.165, 1.54) is 0 Å². The molecule has 0 bridgehead atoms. The Morgan fingerprint density at radius 2 is 2.09 bits per heavy atom. The summed E-state index contributed by atoms with van der Waals surface area (Å²) in [5.41, 5.74) is -1.17. The minimum atomic E-state index is -0.606. The Labute approximate surface area is 133 Å². The molecule has 1 fully saturated rings. The molecule has 0 aromatic heterocycles. The third kappa shape index (κ3) is 6.50. The van der Waals surface area contributed by atoms with Gasteiger partial charge in [-0.15, -0.1) is 0 Å². The van der Waals surface area contributed by atoms with Crippen LogP contribution in [0, 0.1) is 5.92 Å². The van der Waals surface area contributed by atoms with E-state index in [2.05, 4.69) is 13.8 Å². The van der Waals surface area contributed by atoms with Gasteiger partial charge in [0.15, 0.2) is 0 Å². The molecular formula is C16H31NO5. The first kappa shape index (κ1) is 19.2. The molecule has 1 N–H and O–H groups in total. The lowest BCUT2D eigenvalue weighted by molar-refractivity contribution is -0.102. The maximum Gasteiger partial charge on any atom is 0.410 e. The molecule has 1 saturated heterocycles. The third-order valence-corrected chi connectivity index (χ3v) is 3.19. The monoisotopic (exact) mass is 317 g/mol. The van der Waals surface area contributed by atoms with Gasteiger partial charge in [-0.2, -0.15) is 0 Å². The molecule has 6 nitrogen and oxygen atoms in total.